The second kappa shape index (κ2) is 6.34. The van der Waals surface area contributed by atoms with Crippen LogP contribution in [0, 0.1) is 0 Å². The van der Waals surface area contributed by atoms with Crippen molar-refractivity contribution in [2.24, 2.45) is 0 Å². The van der Waals surface area contributed by atoms with Gasteiger partial charge >= 0.3 is 0 Å². The standard InChI is InChI=1S/C24H33B/c1-19-7-13-22(4,14-8-19)25(23(5)15-9-20(2)10-16-23)24(6)17-11-21(3)12-18-24/h7-13,15,17H,14,16,18H2,1-6H3. The van der Waals surface area contributed by atoms with E-state index in [0.717, 1.165) is 19.3 Å². The molecule has 0 saturated heterocycles. The van der Waals surface area contributed by atoms with Crippen molar-refractivity contribution in [1.82, 2.24) is 0 Å². The van der Waals surface area contributed by atoms with Crippen molar-refractivity contribution in [2.75, 3.05) is 0 Å². The van der Waals surface area contributed by atoms with Crippen LogP contribution < -0.4 is 0 Å². The third kappa shape index (κ3) is 3.43. The van der Waals surface area contributed by atoms with E-state index in [9.17, 15) is 0 Å². The first-order valence-corrected chi connectivity index (χ1v) is 9.75. The summed E-state index contributed by atoms with van der Waals surface area (Å²) in [5.41, 5.74) is 4.20. The maximum atomic E-state index is 2.50. The van der Waals surface area contributed by atoms with Crippen molar-refractivity contribution in [3.05, 3.63) is 71.4 Å². The highest BCUT2D eigenvalue weighted by atomic mass is 14.4. The van der Waals surface area contributed by atoms with Crippen molar-refractivity contribution < 1.29 is 0 Å². The Morgan fingerprint density at radius 1 is 0.600 bits per heavy atom. The van der Waals surface area contributed by atoms with Crippen LogP contribution in [0.2, 0.25) is 15.9 Å². The van der Waals surface area contributed by atoms with Crippen LogP contribution in [0.25, 0.3) is 0 Å². The van der Waals surface area contributed by atoms with Gasteiger partial charge < -0.3 is 0 Å². The van der Waals surface area contributed by atoms with E-state index in [4.69, 9.17) is 0 Å². The molecule has 1 heteroatoms. The van der Waals surface area contributed by atoms with Crippen LogP contribution in [0.3, 0.4) is 0 Å². The molecular weight excluding hydrogens is 299 g/mol. The van der Waals surface area contributed by atoms with Crippen LogP contribution in [0.15, 0.2) is 71.4 Å². The van der Waals surface area contributed by atoms with Gasteiger partial charge in [-0.2, -0.15) is 0 Å². The zero-order chi connectivity index (χ0) is 18.3. The van der Waals surface area contributed by atoms with Gasteiger partial charge in [-0.05, 0) is 56.0 Å². The molecule has 0 fully saturated rings. The molecule has 0 amide bonds. The predicted octanol–water partition coefficient (Wildman–Crippen LogP) is 7.48. The van der Waals surface area contributed by atoms with E-state index in [0.29, 0.717) is 6.71 Å². The van der Waals surface area contributed by atoms with Crippen LogP contribution in [0.1, 0.15) is 60.8 Å². The van der Waals surface area contributed by atoms with Gasteiger partial charge in [-0.1, -0.05) is 92.2 Å². The second-order valence-corrected chi connectivity index (χ2v) is 9.41. The smallest absolute Gasteiger partial charge is 0.0852 e. The summed E-state index contributed by atoms with van der Waals surface area (Å²) in [6.45, 7) is 14.6. The SMILES string of the molecule is CC1=CCC(C)(B(C2(C)C=CC(C)=CC2)C2(C)C=CC(C)=CC2)C=C1. The first-order chi connectivity index (χ1) is 11.7. The highest BCUT2D eigenvalue weighted by Crippen LogP contribution is 2.62. The molecule has 0 aromatic heterocycles. The van der Waals surface area contributed by atoms with Gasteiger partial charge in [0.2, 0.25) is 0 Å². The normalized spacial score (nSPS) is 37.4. The Morgan fingerprint density at radius 2 is 0.880 bits per heavy atom. The molecule has 3 atom stereocenters. The zero-order valence-electron chi connectivity index (χ0n) is 16.9. The number of hydrogen-bond donors (Lipinski definition) is 0. The average Bonchev–Trinajstić information content (AvgIpc) is 2.57. The summed E-state index contributed by atoms with van der Waals surface area (Å²) in [6.07, 6.45) is 25.2. The summed E-state index contributed by atoms with van der Waals surface area (Å²) in [4.78, 5) is 0. The van der Waals surface area contributed by atoms with Crippen LogP contribution in [0.5, 0.6) is 0 Å². The summed E-state index contributed by atoms with van der Waals surface area (Å²) >= 11 is 0. The quantitative estimate of drug-likeness (QED) is 0.470. The van der Waals surface area contributed by atoms with Gasteiger partial charge in [-0.3, -0.25) is 0 Å². The zero-order valence-corrected chi connectivity index (χ0v) is 16.9. The molecule has 0 heterocycles. The summed E-state index contributed by atoms with van der Waals surface area (Å²) in [6, 6.07) is 0. The first kappa shape index (κ1) is 18.3. The van der Waals surface area contributed by atoms with Crippen molar-refractivity contribution >= 4 is 6.71 Å². The van der Waals surface area contributed by atoms with Gasteiger partial charge in [-0.25, -0.2) is 0 Å². The van der Waals surface area contributed by atoms with Gasteiger partial charge in [0.25, 0.3) is 0 Å². The Kier molecular flexibility index (Phi) is 4.64. The minimum Gasteiger partial charge on any atom is -0.0852 e. The third-order valence-corrected chi connectivity index (χ3v) is 6.75. The van der Waals surface area contributed by atoms with E-state index >= 15 is 0 Å². The summed E-state index contributed by atoms with van der Waals surface area (Å²) in [5.74, 6) is 0. The van der Waals surface area contributed by atoms with Crippen molar-refractivity contribution in [3.8, 4) is 0 Å². The lowest BCUT2D eigenvalue weighted by Gasteiger charge is -2.52. The molecule has 3 unspecified atom stereocenters. The van der Waals surface area contributed by atoms with Gasteiger partial charge in [0.1, 0.15) is 0 Å². The molecule has 0 aromatic rings. The first-order valence-electron chi connectivity index (χ1n) is 9.75. The molecule has 0 radical (unpaired) electrons. The van der Waals surface area contributed by atoms with Crippen LogP contribution in [-0.2, 0) is 0 Å². The monoisotopic (exact) mass is 332 g/mol. The Hall–Kier alpha value is -1.50. The largest absolute Gasteiger partial charge is 0.173 e. The van der Waals surface area contributed by atoms with Gasteiger partial charge in [-0.15, -0.1) is 0 Å². The topological polar surface area (TPSA) is 0 Å². The van der Waals surface area contributed by atoms with Crippen LogP contribution in [0.4, 0.5) is 0 Å². The predicted molar refractivity (Wildman–Crippen MR) is 113 cm³/mol. The summed E-state index contributed by atoms with van der Waals surface area (Å²) in [5, 5.41) is 0.529. The van der Waals surface area contributed by atoms with Gasteiger partial charge in [0, 0.05) is 0 Å². The fourth-order valence-corrected chi connectivity index (χ4v) is 5.42. The molecule has 0 N–H and O–H groups in total. The molecule has 3 aliphatic carbocycles. The molecule has 132 valence electrons. The summed E-state index contributed by atoms with van der Waals surface area (Å²) in [7, 11) is 0. The number of allylic oxidation sites excluding steroid dienone is 12. The van der Waals surface area contributed by atoms with Gasteiger partial charge in [0.05, 0.1) is 0 Å². The number of hydrogen-bond acceptors (Lipinski definition) is 0. The Bertz CT molecular complexity index is 629. The second-order valence-electron chi connectivity index (χ2n) is 9.41. The highest BCUT2D eigenvalue weighted by Gasteiger charge is 2.54. The van der Waals surface area contributed by atoms with E-state index < -0.39 is 0 Å². The molecule has 0 bridgehead atoms. The molecular formula is C24H33B. The Morgan fingerprint density at radius 3 is 1.08 bits per heavy atom. The maximum absolute atomic E-state index is 2.50. The fourth-order valence-electron chi connectivity index (χ4n) is 5.42. The van der Waals surface area contributed by atoms with Crippen LogP contribution >= 0.6 is 0 Å². The lowest BCUT2D eigenvalue weighted by atomic mass is 9.12. The number of rotatable bonds is 3. The lowest BCUT2D eigenvalue weighted by molar-refractivity contribution is 0.576. The van der Waals surface area contributed by atoms with Crippen molar-refractivity contribution in [1.29, 1.82) is 0 Å². The van der Waals surface area contributed by atoms with E-state index in [1.54, 1.807) is 0 Å². The highest BCUT2D eigenvalue weighted by molar-refractivity contribution is 6.70. The molecule has 25 heavy (non-hydrogen) atoms. The van der Waals surface area contributed by atoms with E-state index in [-0.39, 0.29) is 15.9 Å². The van der Waals surface area contributed by atoms with Crippen molar-refractivity contribution in [2.45, 2.75) is 76.7 Å². The van der Waals surface area contributed by atoms with Crippen molar-refractivity contribution in [3.63, 3.8) is 0 Å². The molecule has 0 aliphatic heterocycles. The van der Waals surface area contributed by atoms with E-state index in [1.165, 1.54) is 16.7 Å². The lowest BCUT2D eigenvalue weighted by Crippen LogP contribution is -2.48. The third-order valence-electron chi connectivity index (χ3n) is 6.75. The minimum atomic E-state index is 0.176. The van der Waals surface area contributed by atoms with E-state index in [2.05, 4.69) is 96.2 Å². The summed E-state index contributed by atoms with van der Waals surface area (Å²) < 4.78 is 0. The van der Waals surface area contributed by atoms with Gasteiger partial charge in [0.15, 0.2) is 6.71 Å². The molecule has 0 saturated carbocycles. The molecule has 3 rings (SSSR count). The fraction of sp³-hybridized carbons (Fsp3) is 0.500. The van der Waals surface area contributed by atoms with Crippen LogP contribution in [-0.4, -0.2) is 6.71 Å². The molecule has 0 nitrogen and oxygen atoms in total. The molecule has 0 aromatic carbocycles. The maximum Gasteiger partial charge on any atom is 0.173 e. The van der Waals surface area contributed by atoms with E-state index in [1.807, 2.05) is 0 Å². The molecule has 0 spiro atoms. The molecule has 3 aliphatic rings. The average molecular weight is 332 g/mol. The minimum absolute atomic E-state index is 0.176. The Balaban J connectivity index is 2.06. The Labute approximate surface area is 155 Å².